The highest BCUT2D eigenvalue weighted by Gasteiger charge is 2.47. The van der Waals surface area contributed by atoms with Crippen molar-refractivity contribution in [2.75, 3.05) is 13.1 Å². The first-order valence-corrected chi connectivity index (χ1v) is 8.49. The van der Waals surface area contributed by atoms with Crippen molar-refractivity contribution >= 4 is 5.91 Å². The molecule has 1 aliphatic heterocycles. The van der Waals surface area contributed by atoms with Crippen molar-refractivity contribution in [3.63, 3.8) is 0 Å². The third-order valence-corrected chi connectivity index (χ3v) is 5.26. The van der Waals surface area contributed by atoms with Crippen molar-refractivity contribution in [2.24, 2.45) is 17.6 Å². The van der Waals surface area contributed by atoms with Gasteiger partial charge in [0.1, 0.15) is 0 Å². The van der Waals surface area contributed by atoms with Gasteiger partial charge in [-0.05, 0) is 49.7 Å². The lowest BCUT2D eigenvalue weighted by Gasteiger charge is -2.34. The van der Waals surface area contributed by atoms with Gasteiger partial charge in [0, 0.05) is 25.0 Å². The minimum absolute atomic E-state index is 0.0547. The van der Waals surface area contributed by atoms with E-state index < -0.39 is 11.7 Å². The van der Waals surface area contributed by atoms with Crippen LogP contribution in [0.15, 0.2) is 24.3 Å². The molecule has 2 N–H and O–H groups in total. The molecular formula is C18H23F3N2O. The number of piperidine rings is 1. The second kappa shape index (κ2) is 6.39. The van der Waals surface area contributed by atoms with E-state index in [1.807, 2.05) is 11.8 Å². The van der Waals surface area contributed by atoms with Crippen molar-refractivity contribution in [3.05, 3.63) is 35.4 Å². The van der Waals surface area contributed by atoms with Crippen LogP contribution in [0.2, 0.25) is 0 Å². The minimum Gasteiger partial charge on any atom is -0.342 e. The molecule has 1 saturated carbocycles. The highest BCUT2D eigenvalue weighted by atomic mass is 19.4. The number of nitrogens with zero attached hydrogens (tertiary/aromatic N) is 1. The first-order valence-electron chi connectivity index (χ1n) is 8.49. The Hall–Kier alpha value is -1.56. The average molecular weight is 340 g/mol. The van der Waals surface area contributed by atoms with E-state index >= 15 is 0 Å². The molecule has 24 heavy (non-hydrogen) atoms. The molecule has 6 heteroatoms. The topological polar surface area (TPSA) is 46.3 Å². The molecule has 1 heterocycles. The molecule has 0 aromatic heterocycles. The molecule has 1 amide bonds. The summed E-state index contributed by atoms with van der Waals surface area (Å²) < 4.78 is 38.5. The van der Waals surface area contributed by atoms with E-state index in [4.69, 9.17) is 5.73 Å². The minimum atomic E-state index is -4.35. The number of carbonyl (C=O) groups is 1. The second-order valence-electron chi connectivity index (χ2n) is 7.12. The number of rotatable bonds is 3. The Bertz CT molecular complexity index is 615. The molecule has 2 aliphatic rings. The second-order valence-corrected chi connectivity index (χ2v) is 7.12. The van der Waals surface area contributed by atoms with Crippen LogP contribution in [0.3, 0.4) is 0 Å². The van der Waals surface area contributed by atoms with Gasteiger partial charge in [0.25, 0.3) is 0 Å². The van der Waals surface area contributed by atoms with Crippen molar-refractivity contribution in [2.45, 2.75) is 44.3 Å². The third kappa shape index (κ3) is 3.58. The number of nitrogens with two attached hydrogens (primary N) is 1. The number of amides is 1. The van der Waals surface area contributed by atoms with Crippen LogP contribution >= 0.6 is 0 Å². The summed E-state index contributed by atoms with van der Waals surface area (Å²) in [5, 5.41) is 0. The molecule has 132 valence electrons. The predicted molar refractivity (Wildman–Crippen MR) is 85.2 cm³/mol. The number of halogens is 3. The van der Waals surface area contributed by atoms with Crippen LogP contribution < -0.4 is 5.73 Å². The monoisotopic (exact) mass is 340 g/mol. The van der Waals surface area contributed by atoms with E-state index in [0.29, 0.717) is 24.4 Å². The van der Waals surface area contributed by atoms with Crippen LogP contribution in [-0.4, -0.2) is 29.9 Å². The van der Waals surface area contributed by atoms with Gasteiger partial charge in [-0.1, -0.05) is 18.2 Å². The Morgan fingerprint density at radius 2 is 2.12 bits per heavy atom. The van der Waals surface area contributed by atoms with Gasteiger partial charge in [0.15, 0.2) is 0 Å². The maximum atomic E-state index is 12.8. The predicted octanol–water partition coefficient (Wildman–Crippen LogP) is 3.39. The summed E-state index contributed by atoms with van der Waals surface area (Å²) in [4.78, 5) is 14.5. The quantitative estimate of drug-likeness (QED) is 0.917. The smallest absolute Gasteiger partial charge is 0.342 e. The SMILES string of the molecule is C[C@H](N)[C@@H]1CCCN(C(=O)[C@H]2C[C@@H]2c2cccc(C(F)(F)F)c2)C1. The molecule has 1 saturated heterocycles. The summed E-state index contributed by atoms with van der Waals surface area (Å²) in [5.41, 5.74) is 5.92. The Labute approximate surface area is 140 Å². The standard InChI is InChI=1S/C18H23F3N2O/c1-11(22)13-5-3-7-23(10-13)17(24)16-9-15(16)12-4-2-6-14(8-12)18(19,20)21/h2,4,6,8,11,13,15-16H,3,5,7,9-10,22H2,1H3/t11-,13+,15+,16-/m0/s1. The van der Waals surface area contributed by atoms with E-state index in [-0.39, 0.29) is 23.8 Å². The first kappa shape index (κ1) is 17.3. The third-order valence-electron chi connectivity index (χ3n) is 5.26. The van der Waals surface area contributed by atoms with Crippen molar-refractivity contribution < 1.29 is 18.0 Å². The highest BCUT2D eigenvalue weighted by molar-refractivity contribution is 5.83. The number of hydrogen-bond acceptors (Lipinski definition) is 2. The van der Waals surface area contributed by atoms with Gasteiger partial charge in [-0.2, -0.15) is 13.2 Å². The molecular weight excluding hydrogens is 317 g/mol. The summed E-state index contributed by atoms with van der Waals surface area (Å²) in [6, 6.07) is 5.41. The Morgan fingerprint density at radius 1 is 1.38 bits per heavy atom. The maximum absolute atomic E-state index is 12.8. The Kier molecular flexibility index (Phi) is 4.60. The van der Waals surface area contributed by atoms with Crippen LogP contribution in [0.4, 0.5) is 13.2 Å². The number of carbonyl (C=O) groups excluding carboxylic acids is 1. The van der Waals surface area contributed by atoms with Gasteiger partial charge in [-0.15, -0.1) is 0 Å². The van der Waals surface area contributed by atoms with Crippen LogP contribution in [-0.2, 0) is 11.0 Å². The van der Waals surface area contributed by atoms with Crippen molar-refractivity contribution in [1.82, 2.24) is 4.90 Å². The fourth-order valence-electron chi connectivity index (χ4n) is 3.66. The van der Waals surface area contributed by atoms with Gasteiger partial charge in [0.2, 0.25) is 5.91 Å². The van der Waals surface area contributed by atoms with Gasteiger partial charge >= 0.3 is 6.18 Å². The largest absolute Gasteiger partial charge is 0.416 e. The van der Waals surface area contributed by atoms with Crippen molar-refractivity contribution in [1.29, 1.82) is 0 Å². The molecule has 2 fully saturated rings. The molecule has 3 rings (SSSR count). The van der Waals surface area contributed by atoms with E-state index in [9.17, 15) is 18.0 Å². The molecule has 0 bridgehead atoms. The number of benzene rings is 1. The van der Waals surface area contributed by atoms with Crippen LogP contribution in [0, 0.1) is 11.8 Å². The molecule has 0 radical (unpaired) electrons. The van der Waals surface area contributed by atoms with Gasteiger partial charge in [-0.25, -0.2) is 0 Å². The van der Waals surface area contributed by atoms with Crippen LogP contribution in [0.1, 0.15) is 43.2 Å². The number of likely N-dealkylation sites (tertiary alicyclic amines) is 1. The highest BCUT2D eigenvalue weighted by Crippen LogP contribution is 2.49. The maximum Gasteiger partial charge on any atom is 0.416 e. The first-order chi connectivity index (χ1) is 11.3. The summed E-state index contributed by atoms with van der Waals surface area (Å²) in [6.45, 7) is 3.36. The van der Waals surface area contributed by atoms with Gasteiger partial charge < -0.3 is 10.6 Å². The molecule has 0 spiro atoms. The number of hydrogen-bond donors (Lipinski definition) is 1. The Balaban J connectivity index is 1.66. The summed E-state index contributed by atoms with van der Waals surface area (Å²) >= 11 is 0. The van der Waals surface area contributed by atoms with E-state index in [2.05, 4.69) is 0 Å². The zero-order valence-electron chi connectivity index (χ0n) is 13.7. The van der Waals surface area contributed by atoms with Gasteiger partial charge in [-0.3, -0.25) is 4.79 Å². The fourth-order valence-corrected chi connectivity index (χ4v) is 3.66. The van der Waals surface area contributed by atoms with Crippen LogP contribution in [0.25, 0.3) is 0 Å². The zero-order valence-corrected chi connectivity index (χ0v) is 13.7. The summed E-state index contributed by atoms with van der Waals surface area (Å²) in [5.74, 6) is 0.118. The molecule has 3 nitrogen and oxygen atoms in total. The van der Waals surface area contributed by atoms with Crippen molar-refractivity contribution in [3.8, 4) is 0 Å². The van der Waals surface area contributed by atoms with Crippen LogP contribution in [0.5, 0.6) is 0 Å². The molecule has 1 aromatic rings. The molecule has 1 aliphatic carbocycles. The lowest BCUT2D eigenvalue weighted by Crippen LogP contribution is -2.45. The zero-order chi connectivity index (χ0) is 17.5. The lowest BCUT2D eigenvalue weighted by molar-refractivity contribution is -0.137. The molecule has 4 atom stereocenters. The van der Waals surface area contributed by atoms with Gasteiger partial charge in [0.05, 0.1) is 5.56 Å². The van der Waals surface area contributed by atoms with E-state index in [0.717, 1.165) is 25.5 Å². The number of alkyl halides is 3. The Morgan fingerprint density at radius 3 is 2.79 bits per heavy atom. The molecule has 0 unspecified atom stereocenters. The lowest BCUT2D eigenvalue weighted by atomic mass is 9.92. The van der Waals surface area contributed by atoms with E-state index in [1.165, 1.54) is 12.1 Å². The summed E-state index contributed by atoms with van der Waals surface area (Å²) in [7, 11) is 0. The normalized spacial score (nSPS) is 28.5. The summed E-state index contributed by atoms with van der Waals surface area (Å²) in [6.07, 6.45) is -1.73. The fraction of sp³-hybridized carbons (Fsp3) is 0.611. The average Bonchev–Trinajstić information content (AvgIpc) is 3.34. The molecule has 1 aromatic carbocycles. The van der Waals surface area contributed by atoms with E-state index in [1.54, 1.807) is 6.07 Å².